The predicted molar refractivity (Wildman–Crippen MR) is 105 cm³/mol. The van der Waals surface area contributed by atoms with Crippen molar-refractivity contribution in [3.8, 4) is 0 Å². The van der Waals surface area contributed by atoms with Gasteiger partial charge in [0.15, 0.2) is 0 Å². The summed E-state index contributed by atoms with van der Waals surface area (Å²) in [5, 5.41) is 4.02. The van der Waals surface area contributed by atoms with Crippen molar-refractivity contribution < 1.29 is 9.53 Å². The number of fused-ring (bicyclic) bond motifs is 1. The van der Waals surface area contributed by atoms with Crippen LogP contribution in [0.3, 0.4) is 0 Å². The highest BCUT2D eigenvalue weighted by atomic mass is 16.6. The Balaban J connectivity index is 1.61. The lowest BCUT2D eigenvalue weighted by molar-refractivity contribution is -0.110. The van der Waals surface area contributed by atoms with Crippen molar-refractivity contribution in [2.45, 2.75) is 24.5 Å². The normalized spacial score (nSPS) is 24.6. The number of amides is 1. The van der Waals surface area contributed by atoms with Crippen LogP contribution in [0.2, 0.25) is 0 Å². The molecule has 3 aromatic rings. The largest absolute Gasteiger partial charge is 0.446 e. The molecule has 2 aliphatic heterocycles. The Bertz CT molecular complexity index is 949. The third-order valence-electron chi connectivity index (χ3n) is 5.62. The minimum atomic E-state index is -0.285. The van der Waals surface area contributed by atoms with Gasteiger partial charge in [-0.1, -0.05) is 66.7 Å². The molecule has 3 atom stereocenters. The molecule has 0 bridgehead atoms. The molecule has 0 unspecified atom stereocenters. The fraction of sp³-hybridized carbons (Fsp3) is 0.217. The van der Waals surface area contributed by atoms with Crippen molar-refractivity contribution >= 4 is 6.09 Å². The van der Waals surface area contributed by atoms with Crippen molar-refractivity contribution in [2.75, 3.05) is 6.61 Å². The molecule has 5 rings (SSSR count). The van der Waals surface area contributed by atoms with Gasteiger partial charge in [-0.2, -0.15) is 5.01 Å². The Hall–Kier alpha value is -3.18. The zero-order valence-electron chi connectivity index (χ0n) is 15.4. The first-order chi connectivity index (χ1) is 13.8. The van der Waals surface area contributed by atoms with E-state index >= 15 is 0 Å². The molecule has 0 saturated carbocycles. The van der Waals surface area contributed by atoms with E-state index in [1.807, 2.05) is 53.7 Å². The second-order valence-corrected chi connectivity index (χ2v) is 7.19. The second kappa shape index (κ2) is 7.09. The van der Waals surface area contributed by atoms with Crippen LogP contribution in [-0.4, -0.2) is 27.7 Å². The summed E-state index contributed by atoms with van der Waals surface area (Å²) in [6.07, 6.45) is 4.20. The molecule has 2 saturated heterocycles. The van der Waals surface area contributed by atoms with E-state index in [4.69, 9.17) is 4.74 Å². The predicted octanol–water partition coefficient (Wildman–Crippen LogP) is 4.68. The average molecular weight is 371 g/mol. The smallest absolute Gasteiger partial charge is 0.425 e. The van der Waals surface area contributed by atoms with E-state index in [2.05, 4.69) is 40.3 Å². The van der Waals surface area contributed by atoms with E-state index in [1.165, 1.54) is 0 Å². The first kappa shape index (κ1) is 17.0. The van der Waals surface area contributed by atoms with Gasteiger partial charge >= 0.3 is 6.09 Å². The number of benzene rings is 2. The number of hydrazine groups is 1. The molecule has 0 radical (unpaired) electrons. The fourth-order valence-electron chi connectivity index (χ4n) is 4.35. The Kier molecular flexibility index (Phi) is 4.29. The van der Waals surface area contributed by atoms with Gasteiger partial charge in [0.05, 0.1) is 18.1 Å². The van der Waals surface area contributed by atoms with Crippen LogP contribution in [0.25, 0.3) is 0 Å². The Morgan fingerprint density at radius 2 is 1.43 bits per heavy atom. The van der Waals surface area contributed by atoms with E-state index in [0.29, 0.717) is 6.61 Å². The lowest BCUT2D eigenvalue weighted by Gasteiger charge is -2.43. The first-order valence-electron chi connectivity index (χ1n) is 9.57. The molecule has 2 aromatic carbocycles. The van der Waals surface area contributed by atoms with Gasteiger partial charge in [-0.15, -0.1) is 0 Å². The lowest BCUT2D eigenvalue weighted by atomic mass is 9.97. The summed E-state index contributed by atoms with van der Waals surface area (Å²) < 4.78 is 5.62. The number of pyridine rings is 1. The van der Waals surface area contributed by atoms with Gasteiger partial charge in [0.1, 0.15) is 6.61 Å². The molecule has 0 N–H and O–H groups in total. The Morgan fingerprint density at radius 3 is 2.07 bits per heavy atom. The van der Waals surface area contributed by atoms with Crippen molar-refractivity contribution in [1.82, 2.24) is 15.0 Å². The van der Waals surface area contributed by atoms with E-state index in [-0.39, 0.29) is 24.2 Å². The minimum Gasteiger partial charge on any atom is -0.446 e. The quantitative estimate of drug-likeness (QED) is 0.671. The molecule has 2 aliphatic rings. The van der Waals surface area contributed by atoms with Crippen molar-refractivity contribution in [3.63, 3.8) is 0 Å². The number of rotatable bonds is 3. The summed E-state index contributed by atoms with van der Waals surface area (Å²) in [6.45, 7) is 0.345. The van der Waals surface area contributed by atoms with Crippen LogP contribution in [0.15, 0.2) is 85.2 Å². The summed E-state index contributed by atoms with van der Waals surface area (Å²) in [6, 6.07) is 24.4. The zero-order valence-corrected chi connectivity index (χ0v) is 15.4. The number of aromatic nitrogens is 1. The van der Waals surface area contributed by atoms with E-state index in [0.717, 1.165) is 23.1 Å². The summed E-state index contributed by atoms with van der Waals surface area (Å²) in [5.41, 5.74) is 3.37. The SMILES string of the molecule is O=C1OC[C@@H](c2ccccc2)N2[C@@H](c3cccnc3)C[C@@H](c3ccccc3)N12. The summed E-state index contributed by atoms with van der Waals surface area (Å²) >= 11 is 0. The van der Waals surface area contributed by atoms with Crippen molar-refractivity contribution in [2.24, 2.45) is 0 Å². The highest BCUT2D eigenvalue weighted by Crippen LogP contribution is 2.50. The molecule has 0 aliphatic carbocycles. The molecule has 3 heterocycles. The molecule has 140 valence electrons. The molecule has 2 fully saturated rings. The maximum Gasteiger partial charge on any atom is 0.425 e. The molecular weight excluding hydrogens is 350 g/mol. The van der Waals surface area contributed by atoms with Crippen molar-refractivity contribution in [3.05, 3.63) is 102 Å². The summed E-state index contributed by atoms with van der Waals surface area (Å²) in [5.74, 6) is 0. The monoisotopic (exact) mass is 371 g/mol. The maximum atomic E-state index is 12.9. The summed E-state index contributed by atoms with van der Waals surface area (Å²) in [4.78, 5) is 17.2. The molecule has 5 nitrogen and oxygen atoms in total. The van der Waals surface area contributed by atoms with E-state index in [9.17, 15) is 4.79 Å². The number of carbonyl (C=O) groups is 1. The maximum absolute atomic E-state index is 12.9. The van der Waals surface area contributed by atoms with E-state index in [1.54, 1.807) is 6.20 Å². The van der Waals surface area contributed by atoms with Crippen LogP contribution in [0.5, 0.6) is 0 Å². The number of cyclic esters (lactones) is 1. The third kappa shape index (κ3) is 2.84. The minimum absolute atomic E-state index is 0.0298. The van der Waals surface area contributed by atoms with Gasteiger partial charge < -0.3 is 4.74 Å². The van der Waals surface area contributed by atoms with Gasteiger partial charge in [-0.05, 0) is 29.2 Å². The van der Waals surface area contributed by atoms with Gasteiger partial charge in [0, 0.05) is 12.4 Å². The van der Waals surface area contributed by atoms with Crippen LogP contribution < -0.4 is 0 Å². The number of nitrogens with zero attached hydrogens (tertiary/aromatic N) is 3. The average Bonchev–Trinajstić information content (AvgIpc) is 3.17. The van der Waals surface area contributed by atoms with Crippen LogP contribution in [0, 0.1) is 0 Å². The molecule has 0 spiro atoms. The van der Waals surface area contributed by atoms with Gasteiger partial charge in [-0.3, -0.25) is 4.98 Å². The van der Waals surface area contributed by atoms with Crippen LogP contribution >= 0.6 is 0 Å². The topological polar surface area (TPSA) is 45.7 Å². The zero-order chi connectivity index (χ0) is 18.9. The van der Waals surface area contributed by atoms with Crippen molar-refractivity contribution in [1.29, 1.82) is 0 Å². The first-order valence-corrected chi connectivity index (χ1v) is 9.57. The molecular formula is C23H21N3O2. The van der Waals surface area contributed by atoms with Gasteiger partial charge in [0.2, 0.25) is 0 Å². The number of ether oxygens (including phenoxy) is 1. The van der Waals surface area contributed by atoms with Crippen LogP contribution in [0.4, 0.5) is 4.79 Å². The number of carbonyl (C=O) groups excluding carboxylic acids is 1. The second-order valence-electron chi connectivity index (χ2n) is 7.19. The van der Waals surface area contributed by atoms with Gasteiger partial charge in [0.25, 0.3) is 0 Å². The molecule has 28 heavy (non-hydrogen) atoms. The Morgan fingerprint density at radius 1 is 0.786 bits per heavy atom. The number of hydrogen-bond donors (Lipinski definition) is 0. The lowest BCUT2D eigenvalue weighted by Crippen LogP contribution is -2.51. The summed E-state index contributed by atoms with van der Waals surface area (Å²) in [7, 11) is 0. The van der Waals surface area contributed by atoms with Gasteiger partial charge in [-0.25, -0.2) is 9.80 Å². The van der Waals surface area contributed by atoms with Crippen LogP contribution in [0.1, 0.15) is 41.2 Å². The highest BCUT2D eigenvalue weighted by Gasteiger charge is 2.50. The Labute approximate surface area is 164 Å². The van der Waals surface area contributed by atoms with E-state index < -0.39 is 0 Å². The fourth-order valence-corrected chi connectivity index (χ4v) is 4.35. The standard InChI is InChI=1S/C23H21N3O2/c27-23-26-20(17-8-3-1-4-9-17)14-21(19-12-7-13-24-15-19)25(26)22(16-28-23)18-10-5-2-6-11-18/h1-13,15,20-22H,14,16H2/t20-,21+,22-/m0/s1. The molecule has 1 aromatic heterocycles. The third-order valence-corrected chi connectivity index (χ3v) is 5.62. The van der Waals surface area contributed by atoms with Crippen LogP contribution in [-0.2, 0) is 4.74 Å². The number of hydrogen-bond acceptors (Lipinski definition) is 4. The highest BCUT2D eigenvalue weighted by molar-refractivity contribution is 5.69. The molecule has 1 amide bonds. The molecule has 5 heteroatoms.